The van der Waals surface area contributed by atoms with Crippen LogP contribution in [0.2, 0.25) is 0 Å². The first-order valence-electron chi connectivity index (χ1n) is 8.89. The van der Waals surface area contributed by atoms with E-state index in [0.717, 1.165) is 19.5 Å². The molecule has 0 atom stereocenters. The van der Waals surface area contributed by atoms with E-state index in [1.165, 1.54) is 22.7 Å². The van der Waals surface area contributed by atoms with Crippen LogP contribution < -0.4 is 5.32 Å². The Morgan fingerprint density at radius 1 is 1.17 bits per heavy atom. The first-order chi connectivity index (χ1) is 11.4. The van der Waals surface area contributed by atoms with Gasteiger partial charge in [0.25, 0.3) is 0 Å². The van der Waals surface area contributed by atoms with Gasteiger partial charge in [-0.25, -0.2) is 8.42 Å². The van der Waals surface area contributed by atoms with Gasteiger partial charge in [0.15, 0.2) is 0 Å². The summed E-state index contributed by atoms with van der Waals surface area (Å²) in [5, 5.41) is 13.4. The number of aliphatic hydroxyl groups is 1. The average Bonchev–Trinajstić information content (AvgIpc) is 2.56. The quantitative estimate of drug-likeness (QED) is 0.866. The van der Waals surface area contributed by atoms with E-state index in [1.807, 2.05) is 12.1 Å². The molecule has 5 nitrogen and oxygen atoms in total. The Bertz CT molecular complexity index is 639. The van der Waals surface area contributed by atoms with Gasteiger partial charge < -0.3 is 10.4 Å². The number of benzene rings is 1. The molecular formula is C18H28N2O3S. The Hall–Kier alpha value is -0.950. The maximum atomic E-state index is 12.7. The molecule has 0 saturated carbocycles. The zero-order chi connectivity index (χ0) is 17.2. The highest BCUT2D eigenvalue weighted by Gasteiger charge is 2.33. The Kier molecular flexibility index (Phi) is 5.30. The molecular weight excluding hydrogens is 324 g/mol. The van der Waals surface area contributed by atoms with Crippen molar-refractivity contribution in [3.8, 4) is 0 Å². The Balaban J connectivity index is 1.65. The second kappa shape index (κ2) is 7.12. The second-order valence-corrected chi connectivity index (χ2v) is 9.38. The van der Waals surface area contributed by atoms with Gasteiger partial charge in [-0.2, -0.15) is 4.31 Å². The van der Waals surface area contributed by atoms with Gasteiger partial charge in [-0.05, 0) is 75.7 Å². The molecule has 1 aromatic rings. The number of rotatable bonds is 4. The zero-order valence-corrected chi connectivity index (χ0v) is 15.2. The fourth-order valence-electron chi connectivity index (χ4n) is 3.57. The minimum Gasteiger partial charge on any atom is -0.390 e. The van der Waals surface area contributed by atoms with Crippen molar-refractivity contribution in [2.75, 3.05) is 26.2 Å². The van der Waals surface area contributed by atoms with Gasteiger partial charge >= 0.3 is 0 Å². The van der Waals surface area contributed by atoms with Crippen molar-refractivity contribution in [1.82, 2.24) is 9.62 Å². The van der Waals surface area contributed by atoms with Crippen LogP contribution in [0.15, 0.2) is 29.2 Å². The van der Waals surface area contributed by atoms with Crippen LogP contribution in [0, 0.1) is 5.92 Å². The van der Waals surface area contributed by atoms with Crippen LogP contribution in [0.4, 0.5) is 0 Å². The Morgan fingerprint density at radius 3 is 2.33 bits per heavy atom. The highest BCUT2D eigenvalue weighted by Crippen LogP contribution is 2.27. The monoisotopic (exact) mass is 352 g/mol. The molecule has 1 aromatic carbocycles. The molecule has 0 bridgehead atoms. The summed E-state index contributed by atoms with van der Waals surface area (Å²) in [4.78, 5) is 0.359. The van der Waals surface area contributed by atoms with Crippen LogP contribution in [0.3, 0.4) is 0 Å². The molecule has 0 spiro atoms. The van der Waals surface area contributed by atoms with E-state index in [2.05, 4.69) is 5.32 Å². The van der Waals surface area contributed by atoms with Crippen molar-refractivity contribution < 1.29 is 13.5 Å². The van der Waals surface area contributed by atoms with Crippen molar-refractivity contribution >= 4 is 10.0 Å². The number of nitrogens with zero attached hydrogens (tertiary/aromatic N) is 1. The largest absolute Gasteiger partial charge is 0.390 e. The number of piperidine rings is 2. The first-order valence-corrected chi connectivity index (χ1v) is 10.3. The van der Waals surface area contributed by atoms with Crippen molar-refractivity contribution in [2.45, 2.75) is 49.5 Å². The van der Waals surface area contributed by atoms with Crippen LogP contribution in [-0.2, 0) is 16.4 Å². The standard InChI is InChI=1S/C18H28N2O3S/c1-18(21)8-12-20(13-9-18)24(22,23)17-4-2-15(3-5-17)14-16-6-10-19-11-7-16/h2-5,16,19,21H,6-14H2,1H3. The van der Waals surface area contributed by atoms with Gasteiger partial charge in [-0.15, -0.1) is 0 Å². The molecule has 0 aliphatic carbocycles. The van der Waals surface area contributed by atoms with Crippen LogP contribution >= 0.6 is 0 Å². The summed E-state index contributed by atoms with van der Waals surface area (Å²) in [5.74, 6) is 0.693. The maximum absolute atomic E-state index is 12.7. The van der Waals surface area contributed by atoms with Crippen molar-refractivity contribution in [3.63, 3.8) is 0 Å². The van der Waals surface area contributed by atoms with Gasteiger partial charge in [0, 0.05) is 13.1 Å². The van der Waals surface area contributed by atoms with E-state index in [0.29, 0.717) is 36.7 Å². The number of hydrogen-bond donors (Lipinski definition) is 2. The van der Waals surface area contributed by atoms with Crippen molar-refractivity contribution in [2.24, 2.45) is 5.92 Å². The first kappa shape index (κ1) is 17.9. The molecule has 2 N–H and O–H groups in total. The number of sulfonamides is 1. The summed E-state index contributed by atoms with van der Waals surface area (Å²) >= 11 is 0. The van der Waals surface area contributed by atoms with Crippen LogP contribution in [0.1, 0.15) is 38.2 Å². The molecule has 2 fully saturated rings. The Morgan fingerprint density at radius 2 is 1.75 bits per heavy atom. The van der Waals surface area contributed by atoms with Gasteiger partial charge in [-0.1, -0.05) is 12.1 Å². The van der Waals surface area contributed by atoms with Gasteiger partial charge in [0.05, 0.1) is 10.5 Å². The van der Waals surface area contributed by atoms with E-state index in [9.17, 15) is 13.5 Å². The van der Waals surface area contributed by atoms with E-state index >= 15 is 0 Å². The molecule has 0 amide bonds. The third kappa shape index (κ3) is 4.17. The molecule has 2 aliphatic heterocycles. The SMILES string of the molecule is CC1(O)CCN(S(=O)(=O)c2ccc(CC3CCNCC3)cc2)CC1. The van der Waals surface area contributed by atoms with Gasteiger partial charge in [0.1, 0.15) is 0 Å². The van der Waals surface area contributed by atoms with E-state index < -0.39 is 15.6 Å². The van der Waals surface area contributed by atoms with Gasteiger partial charge in [-0.3, -0.25) is 0 Å². The minimum absolute atomic E-state index is 0.359. The lowest BCUT2D eigenvalue weighted by Crippen LogP contribution is -2.45. The Labute approximate surface area is 145 Å². The van der Waals surface area contributed by atoms with E-state index in [-0.39, 0.29) is 0 Å². The highest BCUT2D eigenvalue weighted by atomic mass is 32.2. The van der Waals surface area contributed by atoms with Crippen molar-refractivity contribution in [1.29, 1.82) is 0 Å². The summed E-state index contributed by atoms with van der Waals surface area (Å²) in [7, 11) is -3.45. The molecule has 0 unspecified atom stereocenters. The highest BCUT2D eigenvalue weighted by molar-refractivity contribution is 7.89. The lowest BCUT2D eigenvalue weighted by atomic mass is 9.91. The second-order valence-electron chi connectivity index (χ2n) is 7.44. The average molecular weight is 353 g/mol. The summed E-state index contributed by atoms with van der Waals surface area (Å²) in [5.41, 5.74) is 0.465. The third-order valence-corrected chi connectivity index (χ3v) is 7.26. The summed E-state index contributed by atoms with van der Waals surface area (Å²) < 4.78 is 27.0. The predicted molar refractivity (Wildman–Crippen MR) is 94.4 cm³/mol. The molecule has 0 aromatic heterocycles. The predicted octanol–water partition coefficient (Wildman–Crippen LogP) is 1.76. The molecule has 3 rings (SSSR count). The fraction of sp³-hybridized carbons (Fsp3) is 0.667. The summed E-state index contributed by atoms with van der Waals surface area (Å²) in [6.07, 6.45) is 4.37. The van der Waals surface area contributed by atoms with Crippen molar-refractivity contribution in [3.05, 3.63) is 29.8 Å². The molecule has 24 heavy (non-hydrogen) atoms. The molecule has 2 saturated heterocycles. The maximum Gasteiger partial charge on any atom is 0.243 e. The molecule has 134 valence electrons. The lowest BCUT2D eigenvalue weighted by molar-refractivity contribution is 0.0126. The molecule has 0 radical (unpaired) electrons. The van der Waals surface area contributed by atoms with Crippen LogP contribution in [-0.4, -0.2) is 49.6 Å². The van der Waals surface area contributed by atoms with Crippen LogP contribution in [0.25, 0.3) is 0 Å². The van der Waals surface area contributed by atoms with E-state index in [1.54, 1.807) is 19.1 Å². The minimum atomic E-state index is -3.45. The van der Waals surface area contributed by atoms with E-state index in [4.69, 9.17) is 0 Å². The molecule has 2 aliphatic rings. The zero-order valence-electron chi connectivity index (χ0n) is 14.4. The van der Waals surface area contributed by atoms with Crippen LogP contribution in [0.5, 0.6) is 0 Å². The fourth-order valence-corrected chi connectivity index (χ4v) is 5.02. The third-order valence-electron chi connectivity index (χ3n) is 5.34. The molecule has 2 heterocycles. The smallest absolute Gasteiger partial charge is 0.243 e. The van der Waals surface area contributed by atoms with Gasteiger partial charge in [0.2, 0.25) is 10.0 Å². The molecule has 6 heteroatoms. The summed E-state index contributed by atoms with van der Waals surface area (Å²) in [6, 6.07) is 7.38. The lowest BCUT2D eigenvalue weighted by Gasteiger charge is -2.35. The normalized spacial score (nSPS) is 23.2. The topological polar surface area (TPSA) is 69.6 Å². The summed E-state index contributed by atoms with van der Waals surface area (Å²) in [6.45, 7) is 4.69. The number of nitrogens with one attached hydrogen (secondary N) is 1. The number of hydrogen-bond acceptors (Lipinski definition) is 4.